The predicted molar refractivity (Wildman–Crippen MR) is 79.5 cm³/mol. The van der Waals surface area contributed by atoms with E-state index in [1.165, 1.54) is 23.5 Å². The quantitative estimate of drug-likeness (QED) is 0.855. The van der Waals surface area contributed by atoms with E-state index in [-0.39, 0.29) is 5.82 Å². The van der Waals surface area contributed by atoms with Crippen molar-refractivity contribution < 1.29 is 14.3 Å². The zero-order valence-corrected chi connectivity index (χ0v) is 11.7. The molecular formula is C15H14FNO2S. The maximum absolute atomic E-state index is 13.2. The Hall–Kier alpha value is -2.14. The Morgan fingerprint density at radius 1 is 1.40 bits per heavy atom. The molecule has 0 saturated carbocycles. The number of nitrogens with zero attached hydrogens (tertiary/aromatic N) is 1. The second kappa shape index (κ2) is 6.34. The summed E-state index contributed by atoms with van der Waals surface area (Å²) in [6.07, 6.45) is 2.69. The molecule has 0 bridgehead atoms. The van der Waals surface area contributed by atoms with Crippen molar-refractivity contribution in [3.8, 4) is 0 Å². The molecular weight excluding hydrogens is 277 g/mol. The molecule has 0 amide bonds. The molecule has 20 heavy (non-hydrogen) atoms. The zero-order chi connectivity index (χ0) is 14.5. The number of thiophene rings is 1. The lowest BCUT2D eigenvalue weighted by Gasteiger charge is -2.18. The van der Waals surface area contributed by atoms with Crippen LogP contribution in [0.1, 0.15) is 9.75 Å². The van der Waals surface area contributed by atoms with Gasteiger partial charge >= 0.3 is 5.97 Å². The first-order chi connectivity index (χ1) is 9.54. The largest absolute Gasteiger partial charge is 0.478 e. The first-order valence-electron chi connectivity index (χ1n) is 6.01. The van der Waals surface area contributed by atoms with Gasteiger partial charge in [0, 0.05) is 28.6 Å². The van der Waals surface area contributed by atoms with Crippen LogP contribution in [0.15, 0.2) is 42.5 Å². The Balaban J connectivity index is 2.05. The molecule has 1 N–H and O–H groups in total. The molecule has 5 heteroatoms. The predicted octanol–water partition coefficient (Wildman–Crippen LogP) is 3.62. The third-order valence-electron chi connectivity index (χ3n) is 2.71. The van der Waals surface area contributed by atoms with Crippen LogP contribution < -0.4 is 4.90 Å². The summed E-state index contributed by atoms with van der Waals surface area (Å²) < 4.78 is 13.2. The second-order valence-electron chi connectivity index (χ2n) is 4.31. The fourth-order valence-corrected chi connectivity index (χ4v) is 2.73. The standard InChI is InChI=1S/C15H14FNO2S/c1-17(12-4-2-3-11(16)9-12)10-14-6-5-13(20-14)7-8-15(18)19/h2-9H,10H2,1H3,(H,18,19). The van der Waals surface area contributed by atoms with Crippen LogP contribution in [0, 0.1) is 5.82 Å². The minimum Gasteiger partial charge on any atom is -0.478 e. The van der Waals surface area contributed by atoms with Gasteiger partial charge in [0.15, 0.2) is 0 Å². The average molecular weight is 291 g/mol. The lowest BCUT2D eigenvalue weighted by Crippen LogP contribution is -2.15. The van der Waals surface area contributed by atoms with E-state index in [1.54, 1.807) is 12.1 Å². The van der Waals surface area contributed by atoms with E-state index in [1.807, 2.05) is 30.1 Å². The van der Waals surface area contributed by atoms with Gasteiger partial charge in [-0.2, -0.15) is 0 Å². The molecule has 0 spiro atoms. The van der Waals surface area contributed by atoms with Crippen LogP contribution in [0.25, 0.3) is 6.08 Å². The van der Waals surface area contributed by atoms with Gasteiger partial charge in [-0.05, 0) is 36.4 Å². The molecule has 0 aliphatic carbocycles. The number of hydrogen-bond donors (Lipinski definition) is 1. The molecule has 3 nitrogen and oxygen atoms in total. The van der Waals surface area contributed by atoms with Gasteiger partial charge in [-0.15, -0.1) is 11.3 Å². The highest BCUT2D eigenvalue weighted by atomic mass is 32.1. The lowest BCUT2D eigenvalue weighted by atomic mass is 10.3. The topological polar surface area (TPSA) is 40.5 Å². The number of halogens is 1. The molecule has 1 aromatic heterocycles. The monoisotopic (exact) mass is 291 g/mol. The number of hydrogen-bond acceptors (Lipinski definition) is 3. The average Bonchev–Trinajstić information content (AvgIpc) is 2.84. The van der Waals surface area contributed by atoms with E-state index in [0.717, 1.165) is 21.5 Å². The van der Waals surface area contributed by atoms with Crippen molar-refractivity contribution in [2.24, 2.45) is 0 Å². The number of rotatable bonds is 5. The van der Waals surface area contributed by atoms with Crippen molar-refractivity contribution in [1.29, 1.82) is 0 Å². The van der Waals surface area contributed by atoms with E-state index >= 15 is 0 Å². The summed E-state index contributed by atoms with van der Waals surface area (Å²) in [5, 5.41) is 8.58. The first-order valence-corrected chi connectivity index (χ1v) is 6.82. The number of carboxylic acid groups (broad SMARTS) is 1. The van der Waals surface area contributed by atoms with E-state index in [9.17, 15) is 9.18 Å². The number of benzene rings is 1. The molecule has 0 saturated heterocycles. The van der Waals surface area contributed by atoms with Gasteiger partial charge in [-0.25, -0.2) is 9.18 Å². The van der Waals surface area contributed by atoms with Crippen LogP contribution in [0.5, 0.6) is 0 Å². The molecule has 0 radical (unpaired) electrons. The highest BCUT2D eigenvalue weighted by molar-refractivity contribution is 7.12. The SMILES string of the molecule is CN(Cc1ccc(C=CC(=O)O)s1)c1cccc(F)c1. The third kappa shape index (κ3) is 3.93. The highest BCUT2D eigenvalue weighted by Crippen LogP contribution is 2.22. The first kappa shape index (κ1) is 14.3. The fourth-order valence-electron chi connectivity index (χ4n) is 1.76. The maximum Gasteiger partial charge on any atom is 0.328 e. The maximum atomic E-state index is 13.2. The van der Waals surface area contributed by atoms with Crippen molar-refractivity contribution in [3.05, 3.63) is 58.0 Å². The summed E-state index contributed by atoms with van der Waals surface area (Å²) in [4.78, 5) is 14.4. The van der Waals surface area contributed by atoms with Crippen LogP contribution >= 0.6 is 11.3 Å². The van der Waals surface area contributed by atoms with Gasteiger partial charge in [-0.1, -0.05) is 6.07 Å². The van der Waals surface area contributed by atoms with Gasteiger partial charge < -0.3 is 10.0 Å². The number of carbonyl (C=O) groups is 1. The zero-order valence-electron chi connectivity index (χ0n) is 10.9. The van der Waals surface area contributed by atoms with Crippen LogP contribution in [-0.2, 0) is 11.3 Å². The van der Waals surface area contributed by atoms with Gasteiger partial charge in [0.25, 0.3) is 0 Å². The molecule has 1 aromatic carbocycles. The van der Waals surface area contributed by atoms with Crippen LogP contribution in [0.4, 0.5) is 10.1 Å². The summed E-state index contributed by atoms with van der Waals surface area (Å²) in [7, 11) is 1.89. The van der Waals surface area contributed by atoms with E-state index in [0.29, 0.717) is 6.54 Å². The molecule has 0 unspecified atom stereocenters. The molecule has 0 aliphatic heterocycles. The lowest BCUT2D eigenvalue weighted by molar-refractivity contribution is -0.131. The Morgan fingerprint density at radius 2 is 2.20 bits per heavy atom. The molecule has 2 rings (SSSR count). The van der Waals surface area contributed by atoms with Gasteiger partial charge in [0.05, 0.1) is 6.54 Å². The second-order valence-corrected chi connectivity index (χ2v) is 5.51. The van der Waals surface area contributed by atoms with Crippen molar-refractivity contribution >= 4 is 29.1 Å². The molecule has 0 aliphatic rings. The normalized spacial score (nSPS) is 10.9. The molecule has 2 aromatic rings. The third-order valence-corrected chi connectivity index (χ3v) is 3.75. The summed E-state index contributed by atoms with van der Waals surface area (Å²) in [5.74, 6) is -1.22. The van der Waals surface area contributed by atoms with E-state index < -0.39 is 5.97 Å². The fraction of sp³-hybridized carbons (Fsp3) is 0.133. The minimum atomic E-state index is -0.961. The van der Waals surface area contributed by atoms with Crippen LogP contribution in [0.3, 0.4) is 0 Å². The summed E-state index contributed by atoms with van der Waals surface area (Å²) in [6.45, 7) is 0.648. The van der Waals surface area contributed by atoms with Crippen molar-refractivity contribution in [2.45, 2.75) is 6.54 Å². The molecule has 1 heterocycles. The van der Waals surface area contributed by atoms with E-state index in [2.05, 4.69) is 0 Å². The van der Waals surface area contributed by atoms with Crippen molar-refractivity contribution in [2.75, 3.05) is 11.9 Å². The smallest absolute Gasteiger partial charge is 0.328 e. The molecule has 104 valence electrons. The van der Waals surface area contributed by atoms with Crippen molar-refractivity contribution in [3.63, 3.8) is 0 Å². The van der Waals surface area contributed by atoms with Gasteiger partial charge in [0.2, 0.25) is 0 Å². The highest BCUT2D eigenvalue weighted by Gasteiger charge is 2.05. The Morgan fingerprint density at radius 3 is 2.90 bits per heavy atom. The van der Waals surface area contributed by atoms with Crippen molar-refractivity contribution in [1.82, 2.24) is 0 Å². The number of anilines is 1. The molecule has 0 atom stereocenters. The van der Waals surface area contributed by atoms with Gasteiger partial charge in [-0.3, -0.25) is 0 Å². The summed E-state index contributed by atoms with van der Waals surface area (Å²) in [6, 6.07) is 10.2. The summed E-state index contributed by atoms with van der Waals surface area (Å²) >= 11 is 1.52. The minimum absolute atomic E-state index is 0.259. The number of carboxylic acids is 1. The van der Waals surface area contributed by atoms with E-state index in [4.69, 9.17) is 5.11 Å². The Labute approximate surface area is 120 Å². The molecule has 0 fully saturated rings. The number of aliphatic carboxylic acids is 1. The van der Waals surface area contributed by atoms with Gasteiger partial charge in [0.1, 0.15) is 5.82 Å². The van der Waals surface area contributed by atoms with Crippen LogP contribution in [0.2, 0.25) is 0 Å². The van der Waals surface area contributed by atoms with Crippen LogP contribution in [-0.4, -0.2) is 18.1 Å². The summed E-state index contributed by atoms with van der Waals surface area (Å²) in [5.41, 5.74) is 0.807. The Bertz CT molecular complexity index is 636. The Kier molecular flexibility index (Phi) is 4.53.